The van der Waals surface area contributed by atoms with Gasteiger partial charge >= 0.3 is 12.1 Å². The summed E-state index contributed by atoms with van der Waals surface area (Å²) >= 11 is 5.86. The van der Waals surface area contributed by atoms with E-state index in [0.717, 1.165) is 12.1 Å². The van der Waals surface area contributed by atoms with Crippen LogP contribution in [0, 0.1) is 0 Å². The molecule has 2 aromatic carbocycles. The van der Waals surface area contributed by atoms with Crippen molar-refractivity contribution in [3.05, 3.63) is 58.8 Å². The van der Waals surface area contributed by atoms with Crippen molar-refractivity contribution in [1.82, 2.24) is 0 Å². The monoisotopic (exact) mass is 455 g/mol. The Balaban J connectivity index is 1.64. The number of methoxy groups -OCH3 is 1. The summed E-state index contributed by atoms with van der Waals surface area (Å²) in [6, 6.07) is 7.63. The number of hydrogen-bond donors (Lipinski definition) is 1. The molecule has 0 fully saturated rings. The van der Waals surface area contributed by atoms with E-state index in [4.69, 9.17) is 25.5 Å². The molecule has 0 saturated heterocycles. The topological polar surface area (TPSA) is 77.8 Å². The van der Waals surface area contributed by atoms with Gasteiger partial charge in [0.15, 0.2) is 6.10 Å². The van der Waals surface area contributed by atoms with E-state index in [-0.39, 0.29) is 17.1 Å². The Morgan fingerprint density at radius 3 is 2.61 bits per heavy atom. The van der Waals surface area contributed by atoms with Gasteiger partial charge < -0.3 is 19.2 Å². The first-order valence-corrected chi connectivity index (χ1v) is 9.37. The molecule has 0 radical (unpaired) electrons. The normalized spacial score (nSPS) is 12.5. The zero-order valence-corrected chi connectivity index (χ0v) is 17.1. The Kier molecular flexibility index (Phi) is 6.45. The lowest BCUT2D eigenvalue weighted by molar-refractivity contribution is -0.152. The first-order chi connectivity index (χ1) is 14.6. The number of anilines is 1. The predicted octanol–water partition coefficient (Wildman–Crippen LogP) is 5.23. The maximum atomic E-state index is 12.9. The Hall–Kier alpha value is -3.20. The summed E-state index contributed by atoms with van der Waals surface area (Å²) in [5.41, 5.74) is -0.136. The van der Waals surface area contributed by atoms with E-state index in [9.17, 15) is 22.8 Å². The van der Waals surface area contributed by atoms with Crippen LogP contribution in [0.1, 0.15) is 18.1 Å². The van der Waals surface area contributed by atoms with E-state index in [2.05, 4.69) is 5.32 Å². The van der Waals surface area contributed by atoms with Crippen molar-refractivity contribution in [2.24, 2.45) is 0 Å². The Bertz CT molecular complexity index is 1130. The highest BCUT2D eigenvalue weighted by Crippen LogP contribution is 2.34. The van der Waals surface area contributed by atoms with Crippen LogP contribution in [0.4, 0.5) is 18.9 Å². The highest BCUT2D eigenvalue weighted by atomic mass is 35.5. The number of alkyl halides is 3. The van der Waals surface area contributed by atoms with Crippen LogP contribution in [0.15, 0.2) is 47.1 Å². The highest BCUT2D eigenvalue weighted by Gasteiger charge is 2.31. The molecule has 1 N–H and O–H groups in total. The minimum atomic E-state index is -4.60. The molecule has 0 bridgehead atoms. The second-order valence-corrected chi connectivity index (χ2v) is 7.02. The lowest BCUT2D eigenvalue weighted by Gasteiger charge is -2.15. The zero-order valence-electron chi connectivity index (χ0n) is 16.4. The summed E-state index contributed by atoms with van der Waals surface area (Å²) in [5.74, 6) is -0.942. The smallest absolute Gasteiger partial charge is 0.416 e. The molecule has 6 nitrogen and oxygen atoms in total. The number of ether oxygens (including phenoxy) is 2. The summed E-state index contributed by atoms with van der Waals surface area (Å²) in [5, 5.41) is 2.85. The van der Waals surface area contributed by atoms with Gasteiger partial charge in [-0.05, 0) is 37.3 Å². The van der Waals surface area contributed by atoms with Gasteiger partial charge in [-0.1, -0.05) is 11.6 Å². The van der Waals surface area contributed by atoms with Crippen LogP contribution in [0.5, 0.6) is 5.75 Å². The van der Waals surface area contributed by atoms with Gasteiger partial charge in [-0.2, -0.15) is 13.2 Å². The number of benzene rings is 2. The van der Waals surface area contributed by atoms with Crippen molar-refractivity contribution >= 4 is 40.1 Å². The third-order valence-corrected chi connectivity index (χ3v) is 4.76. The quantitative estimate of drug-likeness (QED) is 0.515. The number of hydrogen-bond acceptors (Lipinski definition) is 5. The first kappa shape index (κ1) is 22.5. The lowest BCUT2D eigenvalue weighted by Crippen LogP contribution is -2.30. The molecule has 0 aliphatic carbocycles. The van der Waals surface area contributed by atoms with Crippen molar-refractivity contribution in [1.29, 1.82) is 0 Å². The van der Waals surface area contributed by atoms with E-state index >= 15 is 0 Å². The van der Waals surface area contributed by atoms with Crippen LogP contribution in [0.3, 0.4) is 0 Å². The first-order valence-electron chi connectivity index (χ1n) is 8.99. The molecule has 0 spiro atoms. The Morgan fingerprint density at radius 1 is 1.19 bits per heavy atom. The maximum absolute atomic E-state index is 12.9. The van der Waals surface area contributed by atoms with E-state index in [1.165, 1.54) is 20.3 Å². The van der Waals surface area contributed by atoms with Gasteiger partial charge in [0.05, 0.1) is 36.1 Å². The minimum absolute atomic E-state index is 0.0832. The highest BCUT2D eigenvalue weighted by molar-refractivity contribution is 6.33. The van der Waals surface area contributed by atoms with E-state index in [1.54, 1.807) is 18.2 Å². The molecule has 1 amide bonds. The standard InChI is InChI=1S/C21H17ClF3NO5/c1-11(20(28)26-17-8-13(21(23,24)25)3-6-16(17)22)31-19(27)7-12-10-30-18-9-14(29-2)4-5-15(12)18/h3-6,8-11H,7H2,1-2H3,(H,26,28)/t11-/m0/s1. The molecule has 3 rings (SSSR count). The van der Waals surface area contributed by atoms with E-state index in [0.29, 0.717) is 28.3 Å². The summed E-state index contributed by atoms with van der Waals surface area (Å²) in [6.45, 7) is 1.30. The summed E-state index contributed by atoms with van der Waals surface area (Å²) < 4.78 is 54.2. The van der Waals surface area contributed by atoms with Crippen molar-refractivity contribution in [2.75, 3.05) is 12.4 Å². The number of halogens is 4. The fourth-order valence-corrected chi connectivity index (χ4v) is 2.97. The Morgan fingerprint density at radius 2 is 1.94 bits per heavy atom. The molecule has 0 saturated carbocycles. The predicted molar refractivity (Wildman–Crippen MR) is 107 cm³/mol. The minimum Gasteiger partial charge on any atom is -0.497 e. The van der Waals surface area contributed by atoms with E-state index < -0.39 is 29.7 Å². The van der Waals surface area contributed by atoms with Crippen LogP contribution in [0.25, 0.3) is 11.0 Å². The SMILES string of the molecule is COc1ccc2c(CC(=O)O[C@@H](C)C(=O)Nc3cc(C(F)(F)F)ccc3Cl)coc2c1. The summed E-state index contributed by atoms with van der Waals surface area (Å²) in [4.78, 5) is 24.5. The number of esters is 1. The number of fused-ring (bicyclic) bond motifs is 1. The van der Waals surface area contributed by atoms with Crippen LogP contribution < -0.4 is 10.1 Å². The molecule has 1 heterocycles. The fraction of sp³-hybridized carbons (Fsp3) is 0.238. The second-order valence-electron chi connectivity index (χ2n) is 6.61. The van der Waals surface area contributed by atoms with Crippen molar-refractivity contribution < 1.29 is 36.7 Å². The van der Waals surface area contributed by atoms with Gasteiger partial charge in [0, 0.05) is 17.0 Å². The molecular weight excluding hydrogens is 439 g/mol. The van der Waals surface area contributed by atoms with Crippen molar-refractivity contribution in [2.45, 2.75) is 25.6 Å². The van der Waals surface area contributed by atoms with Gasteiger partial charge in [0.2, 0.25) is 0 Å². The third-order valence-electron chi connectivity index (χ3n) is 4.43. The number of carbonyl (C=O) groups excluding carboxylic acids is 2. The lowest BCUT2D eigenvalue weighted by atomic mass is 10.1. The molecule has 10 heteroatoms. The second kappa shape index (κ2) is 8.89. The molecule has 3 aromatic rings. The fourth-order valence-electron chi connectivity index (χ4n) is 2.81. The van der Waals surface area contributed by atoms with E-state index in [1.807, 2.05) is 0 Å². The zero-order chi connectivity index (χ0) is 22.8. The average Bonchev–Trinajstić information content (AvgIpc) is 3.10. The molecule has 0 aliphatic rings. The summed E-state index contributed by atoms with van der Waals surface area (Å²) in [6.07, 6.45) is -4.63. The van der Waals surface area contributed by atoms with Crippen LogP contribution >= 0.6 is 11.6 Å². The van der Waals surface area contributed by atoms with Crippen LogP contribution in [0.2, 0.25) is 5.02 Å². The molecular formula is C21H17ClF3NO5. The van der Waals surface area contributed by atoms with Gasteiger partial charge in [-0.15, -0.1) is 0 Å². The summed E-state index contributed by atoms with van der Waals surface area (Å²) in [7, 11) is 1.52. The van der Waals surface area contributed by atoms with Gasteiger partial charge in [-0.25, -0.2) is 0 Å². The Labute approximate surface area is 179 Å². The largest absolute Gasteiger partial charge is 0.497 e. The molecule has 1 atom stereocenters. The molecule has 164 valence electrons. The van der Waals surface area contributed by atoms with Gasteiger partial charge in [0.25, 0.3) is 5.91 Å². The maximum Gasteiger partial charge on any atom is 0.416 e. The van der Waals surface area contributed by atoms with Gasteiger partial charge in [-0.3, -0.25) is 9.59 Å². The van der Waals surface area contributed by atoms with Crippen LogP contribution in [-0.4, -0.2) is 25.1 Å². The third kappa shape index (κ3) is 5.29. The number of nitrogens with one attached hydrogen (secondary N) is 1. The number of carbonyl (C=O) groups is 2. The molecule has 1 aromatic heterocycles. The van der Waals surface area contributed by atoms with Crippen LogP contribution in [-0.2, 0) is 26.9 Å². The number of furan rings is 1. The van der Waals surface area contributed by atoms with Crippen molar-refractivity contribution in [3.8, 4) is 5.75 Å². The molecule has 31 heavy (non-hydrogen) atoms. The average molecular weight is 456 g/mol. The van der Waals surface area contributed by atoms with Crippen molar-refractivity contribution in [3.63, 3.8) is 0 Å². The number of rotatable bonds is 6. The molecule has 0 unspecified atom stereocenters. The number of amides is 1. The molecule has 0 aliphatic heterocycles. The van der Waals surface area contributed by atoms with Gasteiger partial charge in [0.1, 0.15) is 11.3 Å².